The molecule has 0 aliphatic heterocycles. The minimum Gasteiger partial charge on any atom is -0.383 e. The molecule has 0 atom stereocenters. The van der Waals surface area contributed by atoms with Crippen LogP contribution in [-0.2, 0) is 22.6 Å². The minimum atomic E-state index is -0.600. The van der Waals surface area contributed by atoms with Crippen LogP contribution in [0.5, 0.6) is 0 Å². The number of carbonyl (C=O) groups excluding carboxylic acids is 2. The van der Waals surface area contributed by atoms with E-state index in [4.69, 9.17) is 5.73 Å². The van der Waals surface area contributed by atoms with Crippen LogP contribution in [0.25, 0.3) is 0 Å². The standard InChI is InChI=1S/C13H17N7O2/c1-8(21)13(22)15-4-3-11-7-20(19-18-11)6-10-5-16-9(2)17-12(10)14/h5,7H,3-4,6H2,1-2H3,(H,15,22)(H2,14,16,17). The topological polar surface area (TPSA) is 129 Å². The highest BCUT2D eigenvalue weighted by Gasteiger charge is 2.08. The molecule has 1 amide bonds. The maximum absolute atomic E-state index is 11.1. The molecular formula is C13H17N7O2. The molecule has 0 spiro atoms. The number of Topliss-reactive ketones (excluding diaryl/α,β-unsaturated/α-hetero) is 1. The van der Waals surface area contributed by atoms with Crippen LogP contribution in [0.3, 0.4) is 0 Å². The van der Waals surface area contributed by atoms with Crippen molar-refractivity contribution in [2.24, 2.45) is 0 Å². The normalized spacial score (nSPS) is 10.5. The van der Waals surface area contributed by atoms with E-state index in [0.717, 1.165) is 5.56 Å². The van der Waals surface area contributed by atoms with Gasteiger partial charge in [-0.2, -0.15) is 0 Å². The zero-order chi connectivity index (χ0) is 16.1. The second-order valence-electron chi connectivity index (χ2n) is 4.80. The molecule has 0 aliphatic carbocycles. The van der Waals surface area contributed by atoms with Gasteiger partial charge in [-0.05, 0) is 6.92 Å². The van der Waals surface area contributed by atoms with Gasteiger partial charge in [-0.25, -0.2) is 14.6 Å². The molecule has 0 fully saturated rings. The first-order valence-corrected chi connectivity index (χ1v) is 6.71. The van der Waals surface area contributed by atoms with E-state index in [1.54, 1.807) is 24.0 Å². The Bertz CT molecular complexity index is 695. The third-order valence-electron chi connectivity index (χ3n) is 2.92. The van der Waals surface area contributed by atoms with Crippen molar-refractivity contribution in [3.05, 3.63) is 29.5 Å². The van der Waals surface area contributed by atoms with E-state index in [9.17, 15) is 9.59 Å². The average molecular weight is 303 g/mol. The number of aromatic nitrogens is 5. The summed E-state index contributed by atoms with van der Waals surface area (Å²) in [5.74, 6) is -0.0875. The highest BCUT2D eigenvalue weighted by atomic mass is 16.2. The van der Waals surface area contributed by atoms with Gasteiger partial charge >= 0.3 is 0 Å². The second kappa shape index (κ2) is 6.74. The highest BCUT2D eigenvalue weighted by Crippen LogP contribution is 2.09. The van der Waals surface area contributed by atoms with Gasteiger partial charge in [0.25, 0.3) is 5.91 Å². The van der Waals surface area contributed by atoms with Crippen molar-refractivity contribution >= 4 is 17.5 Å². The van der Waals surface area contributed by atoms with Crippen molar-refractivity contribution in [3.8, 4) is 0 Å². The number of amides is 1. The summed E-state index contributed by atoms with van der Waals surface area (Å²) in [7, 11) is 0. The molecular weight excluding hydrogens is 286 g/mol. The molecule has 3 N–H and O–H groups in total. The van der Waals surface area contributed by atoms with E-state index in [2.05, 4.69) is 25.6 Å². The summed E-state index contributed by atoms with van der Waals surface area (Å²) < 4.78 is 1.62. The molecule has 0 unspecified atom stereocenters. The number of hydrogen-bond donors (Lipinski definition) is 2. The van der Waals surface area contributed by atoms with Gasteiger partial charge in [-0.1, -0.05) is 5.21 Å². The van der Waals surface area contributed by atoms with Crippen molar-refractivity contribution in [2.75, 3.05) is 12.3 Å². The van der Waals surface area contributed by atoms with E-state index in [1.807, 2.05) is 0 Å². The smallest absolute Gasteiger partial charge is 0.287 e. The molecule has 0 bridgehead atoms. The van der Waals surface area contributed by atoms with Gasteiger partial charge in [-0.15, -0.1) is 5.10 Å². The van der Waals surface area contributed by atoms with E-state index < -0.39 is 11.7 Å². The van der Waals surface area contributed by atoms with Crippen LogP contribution in [0.2, 0.25) is 0 Å². The summed E-state index contributed by atoms with van der Waals surface area (Å²) in [5.41, 5.74) is 7.29. The van der Waals surface area contributed by atoms with E-state index in [-0.39, 0.29) is 0 Å². The van der Waals surface area contributed by atoms with Crippen LogP contribution < -0.4 is 11.1 Å². The Hall–Kier alpha value is -2.84. The number of aryl methyl sites for hydroxylation is 1. The lowest BCUT2D eigenvalue weighted by molar-refractivity contribution is -0.136. The molecule has 116 valence electrons. The van der Waals surface area contributed by atoms with Crippen LogP contribution in [-0.4, -0.2) is 43.2 Å². The second-order valence-corrected chi connectivity index (χ2v) is 4.80. The van der Waals surface area contributed by atoms with Crippen LogP contribution in [0.15, 0.2) is 12.4 Å². The SMILES string of the molecule is CC(=O)C(=O)NCCc1cn(Cc2cnc(C)nc2N)nn1. The fourth-order valence-corrected chi connectivity index (χ4v) is 1.77. The number of nitrogen functional groups attached to an aromatic ring is 1. The largest absolute Gasteiger partial charge is 0.383 e. The molecule has 0 aromatic carbocycles. The summed E-state index contributed by atoms with van der Waals surface area (Å²) in [6, 6.07) is 0. The average Bonchev–Trinajstić information content (AvgIpc) is 2.89. The molecule has 2 heterocycles. The fraction of sp³-hybridized carbons (Fsp3) is 0.385. The zero-order valence-corrected chi connectivity index (χ0v) is 12.4. The first-order valence-electron chi connectivity index (χ1n) is 6.71. The van der Waals surface area contributed by atoms with Gasteiger partial charge in [0.15, 0.2) is 0 Å². The molecule has 0 saturated heterocycles. The number of carbonyl (C=O) groups is 2. The van der Waals surface area contributed by atoms with Gasteiger partial charge in [0.1, 0.15) is 11.6 Å². The van der Waals surface area contributed by atoms with Crippen molar-refractivity contribution in [1.29, 1.82) is 0 Å². The Labute approximate surface area is 126 Å². The first kappa shape index (κ1) is 15.5. The summed E-state index contributed by atoms with van der Waals surface area (Å²) in [6.45, 7) is 3.73. The molecule has 0 radical (unpaired) electrons. The van der Waals surface area contributed by atoms with Crippen LogP contribution >= 0.6 is 0 Å². The minimum absolute atomic E-state index is 0.326. The number of hydrogen-bond acceptors (Lipinski definition) is 7. The van der Waals surface area contributed by atoms with Gasteiger partial charge in [-0.3, -0.25) is 9.59 Å². The van der Waals surface area contributed by atoms with E-state index in [0.29, 0.717) is 36.8 Å². The number of nitrogens with two attached hydrogens (primary N) is 1. The zero-order valence-electron chi connectivity index (χ0n) is 12.4. The lowest BCUT2D eigenvalue weighted by Crippen LogP contribution is -2.30. The van der Waals surface area contributed by atoms with Crippen molar-refractivity contribution in [3.63, 3.8) is 0 Å². The quantitative estimate of drug-likeness (QED) is 0.672. The lowest BCUT2D eigenvalue weighted by Gasteiger charge is -2.04. The highest BCUT2D eigenvalue weighted by molar-refractivity contribution is 6.35. The summed E-state index contributed by atoms with van der Waals surface area (Å²) in [6.07, 6.45) is 3.89. The van der Waals surface area contributed by atoms with Gasteiger partial charge < -0.3 is 11.1 Å². The number of nitrogens with one attached hydrogen (secondary N) is 1. The van der Waals surface area contributed by atoms with Crippen molar-refractivity contribution in [2.45, 2.75) is 26.8 Å². The maximum Gasteiger partial charge on any atom is 0.287 e. The molecule has 0 saturated carbocycles. The Morgan fingerprint density at radius 3 is 2.86 bits per heavy atom. The van der Waals surface area contributed by atoms with Gasteiger partial charge in [0, 0.05) is 37.8 Å². The first-order chi connectivity index (χ1) is 10.5. The Kier molecular flexibility index (Phi) is 4.77. The number of ketones is 1. The maximum atomic E-state index is 11.1. The van der Waals surface area contributed by atoms with Gasteiger partial charge in [0.05, 0.1) is 12.2 Å². The van der Waals surface area contributed by atoms with Crippen molar-refractivity contribution < 1.29 is 9.59 Å². The van der Waals surface area contributed by atoms with Crippen molar-refractivity contribution in [1.82, 2.24) is 30.3 Å². The Morgan fingerprint density at radius 2 is 2.18 bits per heavy atom. The third-order valence-corrected chi connectivity index (χ3v) is 2.92. The predicted octanol–water partition coefficient (Wildman–Crippen LogP) is -0.745. The Morgan fingerprint density at radius 1 is 1.41 bits per heavy atom. The lowest BCUT2D eigenvalue weighted by atomic mass is 10.3. The predicted molar refractivity (Wildman–Crippen MR) is 77.7 cm³/mol. The molecule has 2 aromatic rings. The molecule has 2 aromatic heterocycles. The fourth-order valence-electron chi connectivity index (χ4n) is 1.77. The summed E-state index contributed by atoms with van der Waals surface area (Å²) in [5, 5.41) is 10.5. The summed E-state index contributed by atoms with van der Waals surface area (Å²) in [4.78, 5) is 30.1. The number of anilines is 1. The molecule has 22 heavy (non-hydrogen) atoms. The molecule has 9 nitrogen and oxygen atoms in total. The number of nitrogens with zero attached hydrogens (tertiary/aromatic N) is 5. The summed E-state index contributed by atoms with van der Waals surface area (Å²) >= 11 is 0. The monoisotopic (exact) mass is 303 g/mol. The molecule has 9 heteroatoms. The van der Waals surface area contributed by atoms with E-state index >= 15 is 0 Å². The Balaban J connectivity index is 1.91. The van der Waals surface area contributed by atoms with Gasteiger partial charge in [0.2, 0.25) is 5.78 Å². The molecule has 2 rings (SSSR count). The number of rotatable bonds is 6. The van der Waals surface area contributed by atoms with E-state index in [1.165, 1.54) is 6.92 Å². The van der Waals surface area contributed by atoms with Crippen LogP contribution in [0.4, 0.5) is 5.82 Å². The van der Waals surface area contributed by atoms with Crippen LogP contribution in [0, 0.1) is 6.92 Å². The third kappa shape index (κ3) is 4.08. The van der Waals surface area contributed by atoms with Crippen LogP contribution in [0.1, 0.15) is 24.0 Å². The molecule has 0 aliphatic rings.